The second-order valence-electron chi connectivity index (χ2n) is 9.69. The largest absolute Gasteiger partial charge is 0.458 e. The SMILES string of the molecule is C=C(Br)C[C@@H](CCCCC(C)(C)[Si](O)(c1ccccc1)c1ccccc1)OC(=O)c1ccccc1. The van der Waals surface area contributed by atoms with Crippen LogP contribution in [0.25, 0.3) is 0 Å². The van der Waals surface area contributed by atoms with E-state index in [1.807, 2.05) is 54.6 Å². The maximum absolute atomic E-state index is 12.6. The molecule has 35 heavy (non-hydrogen) atoms. The van der Waals surface area contributed by atoms with Crippen LogP contribution < -0.4 is 10.4 Å². The van der Waals surface area contributed by atoms with E-state index >= 15 is 0 Å². The number of carbonyl (C=O) groups is 1. The van der Waals surface area contributed by atoms with Crippen LogP contribution in [0, 0.1) is 0 Å². The molecule has 3 rings (SSSR count). The van der Waals surface area contributed by atoms with Crippen LogP contribution in [0.3, 0.4) is 0 Å². The molecule has 0 spiro atoms. The first-order valence-electron chi connectivity index (χ1n) is 12.2. The molecule has 5 heteroatoms. The van der Waals surface area contributed by atoms with Gasteiger partial charge in [0.15, 0.2) is 0 Å². The molecule has 0 heterocycles. The average Bonchev–Trinajstić information content (AvgIpc) is 2.87. The molecule has 0 fully saturated rings. The van der Waals surface area contributed by atoms with Crippen molar-refractivity contribution >= 4 is 40.6 Å². The van der Waals surface area contributed by atoms with Gasteiger partial charge in [-0.1, -0.05) is 122 Å². The van der Waals surface area contributed by atoms with Crippen molar-refractivity contribution < 1.29 is 14.3 Å². The topological polar surface area (TPSA) is 46.5 Å². The van der Waals surface area contributed by atoms with Crippen molar-refractivity contribution in [2.75, 3.05) is 0 Å². The lowest BCUT2D eigenvalue weighted by atomic mass is 10.0. The highest BCUT2D eigenvalue weighted by Gasteiger charge is 2.49. The Morgan fingerprint density at radius 1 is 0.914 bits per heavy atom. The van der Waals surface area contributed by atoms with Gasteiger partial charge in [0.05, 0.1) is 5.56 Å². The number of hydrogen-bond donors (Lipinski definition) is 1. The number of rotatable bonds is 12. The minimum atomic E-state index is -3.01. The van der Waals surface area contributed by atoms with Gasteiger partial charge in [-0.05, 0) is 51.3 Å². The van der Waals surface area contributed by atoms with Crippen molar-refractivity contribution in [1.29, 1.82) is 0 Å². The first-order chi connectivity index (χ1) is 16.7. The fraction of sp³-hybridized carbons (Fsp3) is 0.300. The van der Waals surface area contributed by atoms with Gasteiger partial charge in [0, 0.05) is 6.42 Å². The molecule has 0 aromatic heterocycles. The monoisotopic (exact) mass is 550 g/mol. The maximum atomic E-state index is 12.6. The van der Waals surface area contributed by atoms with E-state index in [9.17, 15) is 9.59 Å². The first kappa shape index (κ1) is 27.1. The van der Waals surface area contributed by atoms with E-state index in [-0.39, 0.29) is 17.1 Å². The molecule has 3 aromatic carbocycles. The van der Waals surface area contributed by atoms with Crippen LogP contribution in [0.5, 0.6) is 0 Å². The molecule has 1 atom stereocenters. The Balaban J connectivity index is 1.68. The van der Waals surface area contributed by atoms with E-state index in [1.165, 1.54) is 0 Å². The van der Waals surface area contributed by atoms with Crippen LogP contribution in [0.1, 0.15) is 56.3 Å². The summed E-state index contributed by atoms with van der Waals surface area (Å²) in [5.74, 6) is -0.306. The average molecular weight is 552 g/mol. The molecule has 0 aliphatic heterocycles. The van der Waals surface area contributed by atoms with Crippen molar-refractivity contribution in [1.82, 2.24) is 0 Å². The Morgan fingerprint density at radius 2 is 1.40 bits per heavy atom. The summed E-state index contributed by atoms with van der Waals surface area (Å²) >= 11 is 3.43. The van der Waals surface area contributed by atoms with Crippen molar-refractivity contribution in [3.05, 3.63) is 108 Å². The third-order valence-corrected chi connectivity index (χ3v) is 11.5. The van der Waals surface area contributed by atoms with Gasteiger partial charge in [-0.15, -0.1) is 0 Å². The van der Waals surface area contributed by atoms with E-state index in [0.29, 0.717) is 12.0 Å². The summed E-state index contributed by atoms with van der Waals surface area (Å²) in [6, 6.07) is 29.3. The summed E-state index contributed by atoms with van der Waals surface area (Å²) in [5, 5.41) is 1.77. The lowest BCUT2D eigenvalue weighted by Crippen LogP contribution is -2.65. The number of benzene rings is 3. The molecule has 0 aliphatic carbocycles. The quantitative estimate of drug-likeness (QED) is 0.157. The lowest BCUT2D eigenvalue weighted by Gasteiger charge is -2.41. The molecule has 0 saturated heterocycles. The molecule has 3 nitrogen and oxygen atoms in total. The fourth-order valence-corrected chi connectivity index (χ4v) is 8.82. The van der Waals surface area contributed by atoms with Crippen molar-refractivity contribution in [2.24, 2.45) is 0 Å². The Kier molecular flexibility index (Phi) is 9.67. The Bertz CT molecular complexity index is 1040. The third-order valence-electron chi connectivity index (χ3n) is 6.67. The molecule has 0 aliphatic rings. The summed E-state index contributed by atoms with van der Waals surface area (Å²) in [4.78, 5) is 24.9. The zero-order chi connectivity index (χ0) is 25.3. The number of esters is 1. The smallest absolute Gasteiger partial charge is 0.338 e. The fourth-order valence-electron chi connectivity index (χ4n) is 4.67. The lowest BCUT2D eigenvalue weighted by molar-refractivity contribution is 0.0281. The highest BCUT2D eigenvalue weighted by molar-refractivity contribution is 9.11. The normalized spacial score (nSPS) is 12.7. The zero-order valence-electron chi connectivity index (χ0n) is 20.6. The van der Waals surface area contributed by atoms with E-state index in [1.54, 1.807) is 12.1 Å². The van der Waals surface area contributed by atoms with Gasteiger partial charge in [-0.3, -0.25) is 0 Å². The summed E-state index contributed by atoms with van der Waals surface area (Å²) in [6.07, 6.45) is 3.77. The van der Waals surface area contributed by atoms with Gasteiger partial charge in [0.25, 0.3) is 8.32 Å². The predicted molar refractivity (Wildman–Crippen MR) is 151 cm³/mol. The molecule has 3 aromatic rings. The first-order valence-corrected chi connectivity index (χ1v) is 14.9. The second-order valence-corrected chi connectivity index (χ2v) is 14.7. The molecule has 0 unspecified atom stereocenters. The highest BCUT2D eigenvalue weighted by atomic mass is 79.9. The van der Waals surface area contributed by atoms with Gasteiger partial charge in [0.1, 0.15) is 6.10 Å². The predicted octanol–water partition coefficient (Wildman–Crippen LogP) is 6.60. The molecule has 0 bridgehead atoms. The van der Waals surface area contributed by atoms with Crippen molar-refractivity contribution in [2.45, 2.75) is 57.1 Å². The highest BCUT2D eigenvalue weighted by Crippen LogP contribution is 2.40. The molecular formula is C30H35BrO3Si. The summed E-state index contributed by atoms with van der Waals surface area (Å²) in [7, 11) is -3.01. The van der Waals surface area contributed by atoms with E-state index < -0.39 is 8.32 Å². The Morgan fingerprint density at radius 3 is 1.89 bits per heavy atom. The van der Waals surface area contributed by atoms with Gasteiger partial charge in [-0.25, -0.2) is 4.79 Å². The van der Waals surface area contributed by atoms with Crippen LogP contribution in [-0.4, -0.2) is 25.2 Å². The number of ether oxygens (including phenoxy) is 1. The van der Waals surface area contributed by atoms with Crippen LogP contribution in [-0.2, 0) is 4.74 Å². The molecular weight excluding hydrogens is 516 g/mol. The number of halogens is 1. The van der Waals surface area contributed by atoms with Crippen LogP contribution >= 0.6 is 15.9 Å². The molecule has 184 valence electrons. The van der Waals surface area contributed by atoms with Crippen LogP contribution in [0.4, 0.5) is 0 Å². The zero-order valence-corrected chi connectivity index (χ0v) is 23.2. The maximum Gasteiger partial charge on any atom is 0.338 e. The van der Waals surface area contributed by atoms with Gasteiger partial charge in [-0.2, -0.15) is 0 Å². The summed E-state index contributed by atoms with van der Waals surface area (Å²) in [5.41, 5.74) is 0.556. The van der Waals surface area contributed by atoms with E-state index in [4.69, 9.17) is 4.74 Å². The minimum Gasteiger partial charge on any atom is -0.458 e. The minimum absolute atomic E-state index is 0.239. The van der Waals surface area contributed by atoms with E-state index in [2.05, 4.69) is 60.6 Å². The molecule has 0 saturated carbocycles. The molecule has 0 radical (unpaired) electrons. The van der Waals surface area contributed by atoms with Gasteiger partial charge < -0.3 is 9.53 Å². The summed E-state index contributed by atoms with van der Waals surface area (Å²) < 4.78 is 6.63. The summed E-state index contributed by atoms with van der Waals surface area (Å²) in [6.45, 7) is 8.31. The van der Waals surface area contributed by atoms with E-state index in [0.717, 1.165) is 40.5 Å². The number of carbonyl (C=O) groups excluding carboxylic acids is 1. The van der Waals surface area contributed by atoms with Gasteiger partial charge in [0.2, 0.25) is 0 Å². The number of hydrogen-bond acceptors (Lipinski definition) is 3. The third kappa shape index (κ3) is 7.03. The van der Waals surface area contributed by atoms with Crippen molar-refractivity contribution in [3.63, 3.8) is 0 Å². The Labute approximate surface area is 219 Å². The Hall–Kier alpha value is -2.47. The van der Waals surface area contributed by atoms with Gasteiger partial charge >= 0.3 is 5.97 Å². The van der Waals surface area contributed by atoms with Crippen molar-refractivity contribution in [3.8, 4) is 0 Å². The molecule has 0 amide bonds. The van der Waals surface area contributed by atoms with Crippen LogP contribution in [0.2, 0.25) is 5.04 Å². The van der Waals surface area contributed by atoms with Crippen LogP contribution in [0.15, 0.2) is 102 Å². The standard InChI is InChI=1S/C30H35BrO3Si/c1-24(31)23-26(34-29(32)25-15-7-4-8-16-25)17-13-14-22-30(2,3)35(33,27-18-9-5-10-19-27)28-20-11-6-12-21-28/h4-12,15-16,18-21,26,33H,1,13-14,17,22-23H2,2-3H3/t26-/m1/s1. The number of unbranched alkanes of at least 4 members (excludes halogenated alkanes) is 1. The second kappa shape index (κ2) is 12.5. The molecule has 1 N–H and O–H groups in total.